The number of aryl methyl sites for hydroxylation is 1. The van der Waals surface area contributed by atoms with E-state index in [1.807, 2.05) is 0 Å². The number of carbonyl (C=O) groups is 2. The molecule has 0 N–H and O–H groups in total. The zero-order valence-corrected chi connectivity index (χ0v) is 16.5. The lowest BCUT2D eigenvalue weighted by molar-refractivity contribution is -0.142. The molecule has 0 unspecified atom stereocenters. The van der Waals surface area contributed by atoms with Crippen molar-refractivity contribution in [3.8, 4) is 28.7 Å². The average Bonchev–Trinajstić information content (AvgIpc) is 3.22. The minimum atomic E-state index is -0.479. The molecule has 0 saturated carbocycles. The molecule has 1 heterocycles. The molecule has 0 spiro atoms. The molecule has 0 amide bonds. The van der Waals surface area contributed by atoms with Crippen molar-refractivity contribution in [3.63, 3.8) is 0 Å². The molecule has 0 bridgehead atoms. The summed E-state index contributed by atoms with van der Waals surface area (Å²) in [4.78, 5) is 24.3. The summed E-state index contributed by atoms with van der Waals surface area (Å²) >= 11 is 0. The van der Waals surface area contributed by atoms with Gasteiger partial charge in [0.15, 0.2) is 35.4 Å². The molecule has 0 saturated heterocycles. The molecule has 0 radical (unpaired) electrons. The third kappa shape index (κ3) is 4.71. The number of fused-ring (bicyclic) bond motifs is 1. The molecule has 0 atom stereocenters. The minimum Gasteiger partial charge on any atom is -0.493 e. The zero-order chi connectivity index (χ0) is 20.8. The highest BCUT2D eigenvalue weighted by molar-refractivity contribution is 5.98. The Balaban J connectivity index is 1.54. The van der Waals surface area contributed by atoms with Crippen LogP contribution in [0.1, 0.15) is 22.3 Å². The summed E-state index contributed by atoms with van der Waals surface area (Å²) in [6.45, 7) is -0.212. The van der Waals surface area contributed by atoms with E-state index in [1.54, 1.807) is 30.3 Å². The number of hydrogen-bond acceptors (Lipinski definition) is 8. The van der Waals surface area contributed by atoms with Gasteiger partial charge in [0, 0.05) is 12.0 Å². The van der Waals surface area contributed by atoms with Crippen LogP contribution in [0.4, 0.5) is 0 Å². The molecule has 0 aromatic heterocycles. The van der Waals surface area contributed by atoms with Gasteiger partial charge in [0.05, 0.1) is 21.3 Å². The topological polar surface area (TPSA) is 89.5 Å². The number of Topliss-reactive ketones (excluding diaryl/α,β-unsaturated/α-hetero) is 1. The van der Waals surface area contributed by atoms with Crippen molar-refractivity contribution < 1.29 is 38.0 Å². The van der Waals surface area contributed by atoms with Gasteiger partial charge in [0.25, 0.3) is 0 Å². The number of rotatable bonds is 9. The quantitative estimate of drug-likeness (QED) is 0.467. The van der Waals surface area contributed by atoms with Gasteiger partial charge in [-0.05, 0) is 42.3 Å². The third-order valence-electron chi connectivity index (χ3n) is 4.40. The maximum absolute atomic E-state index is 12.2. The summed E-state index contributed by atoms with van der Waals surface area (Å²) in [5.41, 5.74) is 1.21. The Kier molecular flexibility index (Phi) is 6.43. The SMILES string of the molecule is COc1cc(CCC(=O)OCC(=O)c2ccc3c(c2)OCO3)cc(OC)c1OC. The number of esters is 1. The molecule has 1 aliphatic rings. The predicted octanol–water partition coefficient (Wildman–Crippen LogP) is 2.80. The van der Waals surface area contributed by atoms with Crippen LogP contribution < -0.4 is 23.7 Å². The first-order chi connectivity index (χ1) is 14.0. The van der Waals surface area contributed by atoms with Crippen molar-refractivity contribution in [2.24, 2.45) is 0 Å². The largest absolute Gasteiger partial charge is 0.493 e. The van der Waals surface area contributed by atoms with Gasteiger partial charge in [0.1, 0.15) is 0 Å². The van der Waals surface area contributed by atoms with Gasteiger partial charge < -0.3 is 28.4 Å². The van der Waals surface area contributed by atoms with Gasteiger partial charge in [-0.2, -0.15) is 0 Å². The van der Waals surface area contributed by atoms with Crippen molar-refractivity contribution in [3.05, 3.63) is 41.5 Å². The minimum absolute atomic E-state index is 0.104. The van der Waals surface area contributed by atoms with E-state index >= 15 is 0 Å². The van der Waals surface area contributed by atoms with Crippen LogP contribution in [0.25, 0.3) is 0 Å². The monoisotopic (exact) mass is 402 g/mol. The van der Waals surface area contributed by atoms with E-state index in [0.29, 0.717) is 40.7 Å². The smallest absolute Gasteiger partial charge is 0.306 e. The van der Waals surface area contributed by atoms with E-state index < -0.39 is 5.97 Å². The van der Waals surface area contributed by atoms with Gasteiger partial charge in [-0.15, -0.1) is 0 Å². The number of ketones is 1. The standard InChI is InChI=1S/C21H22O8/c1-24-18-8-13(9-19(25-2)21(18)26-3)4-7-20(23)27-11-15(22)14-5-6-16-17(10-14)29-12-28-16/h5-6,8-10H,4,7,11-12H2,1-3H3. The lowest BCUT2D eigenvalue weighted by atomic mass is 10.1. The zero-order valence-electron chi connectivity index (χ0n) is 16.5. The van der Waals surface area contributed by atoms with E-state index in [0.717, 1.165) is 5.56 Å². The maximum atomic E-state index is 12.2. The van der Waals surface area contributed by atoms with Gasteiger partial charge in [-0.3, -0.25) is 9.59 Å². The number of hydrogen-bond donors (Lipinski definition) is 0. The molecule has 154 valence electrons. The fourth-order valence-electron chi connectivity index (χ4n) is 2.90. The first-order valence-corrected chi connectivity index (χ1v) is 8.93. The van der Waals surface area contributed by atoms with Gasteiger partial charge in [-0.1, -0.05) is 0 Å². The highest BCUT2D eigenvalue weighted by Crippen LogP contribution is 2.38. The number of benzene rings is 2. The molecule has 2 aromatic carbocycles. The highest BCUT2D eigenvalue weighted by Gasteiger charge is 2.18. The van der Waals surface area contributed by atoms with Crippen molar-refractivity contribution in [1.82, 2.24) is 0 Å². The first kappa shape index (κ1) is 20.3. The van der Waals surface area contributed by atoms with Gasteiger partial charge >= 0.3 is 5.97 Å². The molecule has 8 heteroatoms. The second-order valence-electron chi connectivity index (χ2n) is 6.19. The molecule has 1 aliphatic heterocycles. The van der Waals surface area contributed by atoms with Crippen LogP contribution in [0.15, 0.2) is 30.3 Å². The highest BCUT2D eigenvalue weighted by atomic mass is 16.7. The first-order valence-electron chi connectivity index (χ1n) is 8.93. The molecule has 2 aromatic rings. The summed E-state index contributed by atoms with van der Waals surface area (Å²) < 4.78 is 31.4. The van der Waals surface area contributed by atoms with E-state index in [4.69, 9.17) is 28.4 Å². The third-order valence-corrected chi connectivity index (χ3v) is 4.40. The van der Waals surface area contributed by atoms with E-state index in [2.05, 4.69) is 0 Å². The molecular formula is C21H22O8. The fourth-order valence-corrected chi connectivity index (χ4v) is 2.90. The Hall–Kier alpha value is -3.42. The summed E-state index contributed by atoms with van der Waals surface area (Å²) in [5.74, 6) is 1.79. The molecule has 3 rings (SSSR count). The van der Waals surface area contributed by atoms with Crippen LogP contribution in [0.5, 0.6) is 28.7 Å². The number of methoxy groups -OCH3 is 3. The lowest BCUT2D eigenvalue weighted by Gasteiger charge is -2.14. The molecule has 8 nitrogen and oxygen atoms in total. The predicted molar refractivity (Wildman–Crippen MR) is 102 cm³/mol. The van der Waals surface area contributed by atoms with Gasteiger partial charge in [0.2, 0.25) is 12.5 Å². The summed E-state index contributed by atoms with van der Waals surface area (Å²) in [5, 5.41) is 0. The van der Waals surface area contributed by atoms with Crippen LogP contribution in [-0.4, -0.2) is 46.5 Å². The van der Waals surface area contributed by atoms with Crippen LogP contribution in [-0.2, 0) is 16.0 Å². The van der Waals surface area contributed by atoms with E-state index in [-0.39, 0.29) is 25.6 Å². The van der Waals surface area contributed by atoms with Gasteiger partial charge in [-0.25, -0.2) is 0 Å². The van der Waals surface area contributed by atoms with Crippen molar-refractivity contribution in [2.45, 2.75) is 12.8 Å². The number of ether oxygens (including phenoxy) is 6. The van der Waals surface area contributed by atoms with Crippen molar-refractivity contribution >= 4 is 11.8 Å². The summed E-state index contributed by atoms with van der Waals surface area (Å²) in [7, 11) is 4.57. The Labute approximate surface area is 168 Å². The second kappa shape index (κ2) is 9.18. The van der Waals surface area contributed by atoms with Crippen LogP contribution >= 0.6 is 0 Å². The maximum Gasteiger partial charge on any atom is 0.306 e. The van der Waals surface area contributed by atoms with E-state index in [1.165, 1.54) is 21.3 Å². The Morgan fingerprint density at radius 1 is 0.931 bits per heavy atom. The summed E-state index contributed by atoms with van der Waals surface area (Å²) in [6.07, 6.45) is 0.501. The van der Waals surface area contributed by atoms with Crippen molar-refractivity contribution in [2.75, 3.05) is 34.7 Å². The fraction of sp³-hybridized carbons (Fsp3) is 0.333. The Morgan fingerprint density at radius 3 is 2.28 bits per heavy atom. The molecule has 29 heavy (non-hydrogen) atoms. The Bertz CT molecular complexity index is 881. The molecule has 0 aliphatic carbocycles. The Morgan fingerprint density at radius 2 is 1.62 bits per heavy atom. The van der Waals surface area contributed by atoms with Crippen LogP contribution in [0.2, 0.25) is 0 Å². The average molecular weight is 402 g/mol. The number of carbonyl (C=O) groups excluding carboxylic acids is 2. The molecular weight excluding hydrogens is 380 g/mol. The van der Waals surface area contributed by atoms with Crippen molar-refractivity contribution in [1.29, 1.82) is 0 Å². The normalized spacial score (nSPS) is 11.7. The van der Waals surface area contributed by atoms with Crippen LogP contribution in [0, 0.1) is 0 Å². The lowest BCUT2D eigenvalue weighted by Crippen LogP contribution is -2.14. The van der Waals surface area contributed by atoms with Crippen LogP contribution in [0.3, 0.4) is 0 Å². The molecule has 0 fully saturated rings. The second-order valence-corrected chi connectivity index (χ2v) is 6.19. The summed E-state index contributed by atoms with van der Waals surface area (Å²) in [6, 6.07) is 8.38. The van der Waals surface area contributed by atoms with E-state index in [9.17, 15) is 9.59 Å².